The molecule has 2 nitrogen and oxygen atoms in total. The van der Waals surface area contributed by atoms with E-state index in [9.17, 15) is 0 Å². The molecule has 22 heavy (non-hydrogen) atoms. The average molecular weight is 311 g/mol. The van der Waals surface area contributed by atoms with Crippen LogP contribution in [0.4, 0.5) is 0 Å². The smallest absolute Gasteiger partial charge is 0.213 e. The fourth-order valence-electron chi connectivity index (χ4n) is 1.98. The molecule has 0 amide bonds. The number of rotatable bonds is 1. The summed E-state index contributed by atoms with van der Waals surface area (Å²) in [4.78, 5) is 5.42. The molecule has 0 unspecified atom stereocenters. The van der Waals surface area contributed by atoms with Crippen LogP contribution in [0.1, 0.15) is 24.6 Å². The van der Waals surface area contributed by atoms with Gasteiger partial charge < -0.3 is 4.74 Å². The zero-order chi connectivity index (χ0) is 15.6. The van der Waals surface area contributed by atoms with Crippen LogP contribution < -0.4 is 0 Å². The van der Waals surface area contributed by atoms with Gasteiger partial charge in [0.1, 0.15) is 0 Å². The minimum atomic E-state index is 0.669. The Morgan fingerprint density at radius 3 is 2.91 bits per heavy atom. The number of methoxy groups -OCH3 is 1. The summed E-state index contributed by atoms with van der Waals surface area (Å²) in [5, 5.41) is 2.08. The average Bonchev–Trinajstić information content (AvgIpc) is 2.81. The molecule has 3 heteroatoms. The number of nitrogens with zero attached hydrogens (tertiary/aromatic N) is 1. The van der Waals surface area contributed by atoms with E-state index in [0.29, 0.717) is 5.90 Å². The fraction of sp³-hybridized carbons (Fsp3) is 0.211. The summed E-state index contributed by atoms with van der Waals surface area (Å²) in [6.45, 7) is 2.11. The van der Waals surface area contributed by atoms with Crippen LogP contribution in [0, 0.1) is 0 Å². The van der Waals surface area contributed by atoms with Crippen LogP contribution in [0.5, 0.6) is 0 Å². The Morgan fingerprint density at radius 1 is 1.23 bits per heavy atom. The molecule has 0 fully saturated rings. The number of aliphatic imine (C=N–C) groups is 1. The summed E-state index contributed by atoms with van der Waals surface area (Å²) >= 11 is 1.74. The lowest BCUT2D eigenvalue weighted by atomic mass is 10.1. The lowest BCUT2D eigenvalue weighted by Gasteiger charge is -2.01. The summed E-state index contributed by atoms with van der Waals surface area (Å²) in [6, 6.07) is 4.17. The highest BCUT2D eigenvalue weighted by atomic mass is 32.1. The Labute approximate surface area is 136 Å². The molecule has 0 saturated carbocycles. The van der Waals surface area contributed by atoms with Gasteiger partial charge in [0.2, 0.25) is 5.90 Å². The summed E-state index contributed by atoms with van der Waals surface area (Å²) in [5.74, 6) is 0.669. The second-order valence-corrected chi connectivity index (χ2v) is 5.83. The topological polar surface area (TPSA) is 21.6 Å². The molecule has 0 atom stereocenters. The molecule has 2 heterocycles. The highest BCUT2D eigenvalue weighted by Gasteiger charge is 2.05. The van der Waals surface area contributed by atoms with E-state index < -0.39 is 0 Å². The van der Waals surface area contributed by atoms with Crippen LogP contribution in [0.15, 0.2) is 76.8 Å². The Morgan fingerprint density at radius 2 is 2.14 bits per heavy atom. The molecule has 0 N–H and O–H groups in total. The van der Waals surface area contributed by atoms with Gasteiger partial charge in [0, 0.05) is 17.2 Å². The van der Waals surface area contributed by atoms with Crippen LogP contribution in [0.25, 0.3) is 5.57 Å². The first-order chi connectivity index (χ1) is 10.8. The summed E-state index contributed by atoms with van der Waals surface area (Å²) < 4.78 is 5.13. The minimum absolute atomic E-state index is 0.669. The van der Waals surface area contributed by atoms with E-state index in [1.165, 1.54) is 16.0 Å². The third-order valence-corrected chi connectivity index (χ3v) is 4.12. The normalized spacial score (nSPS) is 16.5. The van der Waals surface area contributed by atoms with Crippen molar-refractivity contribution in [2.24, 2.45) is 4.99 Å². The molecule has 0 bridgehead atoms. The largest absolute Gasteiger partial charge is 0.481 e. The van der Waals surface area contributed by atoms with Crippen LogP contribution in [-0.2, 0) is 4.74 Å². The van der Waals surface area contributed by atoms with E-state index in [4.69, 9.17) is 4.74 Å². The van der Waals surface area contributed by atoms with Gasteiger partial charge >= 0.3 is 0 Å². The van der Waals surface area contributed by atoms with Crippen molar-refractivity contribution < 1.29 is 4.74 Å². The lowest BCUT2D eigenvalue weighted by molar-refractivity contribution is 0.407. The van der Waals surface area contributed by atoms with Gasteiger partial charge in [0.05, 0.1) is 7.11 Å². The van der Waals surface area contributed by atoms with E-state index in [1.54, 1.807) is 24.6 Å². The molecule has 1 aromatic rings. The number of ether oxygens (including phenoxy) is 1. The summed E-state index contributed by atoms with van der Waals surface area (Å²) in [6.07, 6.45) is 18.4. The number of thiophene rings is 1. The maximum Gasteiger partial charge on any atom is 0.213 e. The van der Waals surface area contributed by atoms with Gasteiger partial charge in [0.25, 0.3) is 0 Å². The summed E-state index contributed by atoms with van der Waals surface area (Å²) in [5.41, 5.74) is 2.62. The molecule has 114 valence electrons. The monoisotopic (exact) mass is 311 g/mol. The van der Waals surface area contributed by atoms with Crippen molar-refractivity contribution in [3.05, 3.63) is 76.7 Å². The third-order valence-electron chi connectivity index (χ3n) is 3.17. The van der Waals surface area contributed by atoms with Crippen molar-refractivity contribution in [1.29, 1.82) is 0 Å². The van der Waals surface area contributed by atoms with Gasteiger partial charge in [-0.1, -0.05) is 48.1 Å². The SMILES string of the molecule is CC1=CCC=CC=C1.COC1=NC=CCC(c2cccs2)=C1. The standard InChI is InChI=1S/C11H11NOS.C8H10/c1-13-11-8-9(4-2-6-12-11)10-5-3-7-14-10;1-8-6-4-2-3-5-7-8/h2-3,5-8H,4H2,1H3;2-4,6-7H,5H2,1H3. The van der Waals surface area contributed by atoms with Crippen molar-refractivity contribution in [3.8, 4) is 0 Å². The van der Waals surface area contributed by atoms with Crippen molar-refractivity contribution in [2.75, 3.05) is 7.11 Å². The van der Waals surface area contributed by atoms with E-state index >= 15 is 0 Å². The first-order valence-electron chi connectivity index (χ1n) is 7.31. The van der Waals surface area contributed by atoms with Gasteiger partial charge in [-0.3, -0.25) is 0 Å². The van der Waals surface area contributed by atoms with Crippen molar-refractivity contribution in [1.82, 2.24) is 0 Å². The fourth-order valence-corrected chi connectivity index (χ4v) is 2.74. The lowest BCUT2D eigenvalue weighted by Crippen LogP contribution is -1.95. The van der Waals surface area contributed by atoms with E-state index in [2.05, 4.69) is 59.8 Å². The predicted octanol–water partition coefficient (Wildman–Crippen LogP) is 5.54. The molecule has 3 rings (SSSR count). The van der Waals surface area contributed by atoms with Crippen LogP contribution >= 0.6 is 11.3 Å². The molecule has 1 aliphatic carbocycles. The Kier molecular flexibility index (Phi) is 6.65. The van der Waals surface area contributed by atoms with Crippen molar-refractivity contribution in [3.63, 3.8) is 0 Å². The molecule has 2 aliphatic rings. The molecular formula is C19H21NOS. The summed E-state index contributed by atoms with van der Waals surface area (Å²) in [7, 11) is 1.64. The van der Waals surface area contributed by atoms with Crippen molar-refractivity contribution >= 4 is 22.8 Å². The van der Waals surface area contributed by atoms with Gasteiger partial charge in [-0.2, -0.15) is 0 Å². The van der Waals surface area contributed by atoms with Crippen LogP contribution in [0.2, 0.25) is 0 Å². The van der Waals surface area contributed by atoms with Crippen LogP contribution in [-0.4, -0.2) is 13.0 Å². The number of hydrogen-bond donors (Lipinski definition) is 0. The van der Waals surface area contributed by atoms with Crippen molar-refractivity contribution in [2.45, 2.75) is 19.8 Å². The van der Waals surface area contributed by atoms with Crippen LogP contribution in [0.3, 0.4) is 0 Å². The number of hydrogen-bond acceptors (Lipinski definition) is 3. The van der Waals surface area contributed by atoms with Gasteiger partial charge in [-0.15, -0.1) is 11.3 Å². The Balaban J connectivity index is 0.000000188. The molecule has 0 radical (unpaired) electrons. The number of allylic oxidation sites excluding steroid dienone is 8. The first kappa shape index (κ1) is 16.2. The zero-order valence-electron chi connectivity index (χ0n) is 13.0. The quantitative estimate of drug-likeness (QED) is 0.667. The van der Waals surface area contributed by atoms with Gasteiger partial charge in [-0.25, -0.2) is 4.99 Å². The molecule has 0 spiro atoms. The molecule has 1 aliphatic heterocycles. The molecule has 0 saturated heterocycles. The maximum atomic E-state index is 5.13. The third kappa shape index (κ3) is 5.34. The Bertz CT molecular complexity index is 640. The van der Waals surface area contributed by atoms with E-state index in [0.717, 1.165) is 12.8 Å². The first-order valence-corrected chi connectivity index (χ1v) is 8.19. The molecular weight excluding hydrogens is 290 g/mol. The Hall–Kier alpha value is -2.13. The van der Waals surface area contributed by atoms with Gasteiger partial charge in [-0.05, 0) is 36.8 Å². The highest BCUT2D eigenvalue weighted by molar-refractivity contribution is 7.11. The molecule has 0 aromatic carbocycles. The second kappa shape index (κ2) is 9.00. The zero-order valence-corrected chi connectivity index (χ0v) is 13.8. The second-order valence-electron chi connectivity index (χ2n) is 4.88. The van der Waals surface area contributed by atoms with E-state index in [1.807, 2.05) is 12.2 Å². The predicted molar refractivity (Wildman–Crippen MR) is 97.2 cm³/mol. The van der Waals surface area contributed by atoms with E-state index in [-0.39, 0.29) is 0 Å². The van der Waals surface area contributed by atoms with Gasteiger partial charge in [0.15, 0.2) is 0 Å². The minimum Gasteiger partial charge on any atom is -0.481 e. The highest BCUT2D eigenvalue weighted by Crippen LogP contribution is 2.24. The maximum absolute atomic E-state index is 5.13. The molecule has 1 aromatic heterocycles.